The fraction of sp³-hybridized carbons (Fsp3) is 0.0250. The summed E-state index contributed by atoms with van der Waals surface area (Å²) in [5, 5.41) is 4.49. The van der Waals surface area contributed by atoms with E-state index in [1.54, 1.807) is 0 Å². The van der Waals surface area contributed by atoms with Crippen LogP contribution in [0.3, 0.4) is 0 Å². The zero-order chi connectivity index (χ0) is 29.9. The summed E-state index contributed by atoms with van der Waals surface area (Å²) in [4.78, 5) is 15.1. The van der Waals surface area contributed by atoms with Crippen LogP contribution < -0.4 is 0 Å². The number of rotatable bonds is 4. The van der Waals surface area contributed by atoms with Gasteiger partial charge in [0.2, 0.25) is 5.95 Å². The van der Waals surface area contributed by atoms with Crippen LogP contribution in [-0.2, 0) is 0 Å². The van der Waals surface area contributed by atoms with Gasteiger partial charge in [-0.1, -0.05) is 121 Å². The molecule has 0 radical (unpaired) electrons. The summed E-state index contributed by atoms with van der Waals surface area (Å²) >= 11 is 0. The number of nitrogens with zero attached hydrogens (tertiary/aromatic N) is 4. The molecule has 9 rings (SSSR count). The number of hydrogen-bond donors (Lipinski definition) is 0. The minimum absolute atomic E-state index is 0.581. The van der Waals surface area contributed by atoms with Crippen molar-refractivity contribution in [3.05, 3.63) is 145 Å². The fourth-order valence-electron chi connectivity index (χ4n) is 6.34. The average molecular weight is 579 g/mol. The van der Waals surface area contributed by atoms with Gasteiger partial charge < -0.3 is 4.42 Å². The maximum atomic E-state index is 6.40. The highest BCUT2D eigenvalue weighted by atomic mass is 16.3. The van der Waals surface area contributed by atoms with Gasteiger partial charge >= 0.3 is 0 Å². The minimum Gasteiger partial charge on any atom is -0.455 e. The number of furan rings is 1. The van der Waals surface area contributed by atoms with E-state index in [1.807, 2.05) is 42.5 Å². The molecular weight excluding hydrogens is 552 g/mol. The molecule has 0 aliphatic rings. The van der Waals surface area contributed by atoms with Crippen molar-refractivity contribution in [2.45, 2.75) is 6.92 Å². The number of hydrogen-bond acceptors (Lipinski definition) is 4. The molecular formula is C40H26N4O. The molecule has 0 N–H and O–H groups in total. The number of aryl methyl sites for hydroxylation is 1. The lowest BCUT2D eigenvalue weighted by molar-refractivity contribution is 0.670. The van der Waals surface area contributed by atoms with Crippen LogP contribution in [0, 0.1) is 6.92 Å². The van der Waals surface area contributed by atoms with Crippen molar-refractivity contribution in [1.82, 2.24) is 19.5 Å². The standard InChI is InChI=1S/C40H26N4O/c1-25-18-20-27(21-19-25)39-41-38(26-10-3-2-4-11-26)42-40(43-39)44-34-16-7-5-12-30(34)33-24-28(22-23-35(33)44)29-14-9-15-32-31-13-6-8-17-36(31)45-37(29)32/h2-24H,1H3. The third kappa shape index (κ3) is 4.13. The molecule has 0 spiro atoms. The molecule has 0 aliphatic heterocycles. The van der Waals surface area contributed by atoms with E-state index in [1.165, 1.54) is 5.56 Å². The molecule has 0 saturated heterocycles. The lowest BCUT2D eigenvalue weighted by Gasteiger charge is -2.11. The van der Waals surface area contributed by atoms with Crippen LogP contribution in [0.1, 0.15) is 5.56 Å². The first kappa shape index (κ1) is 25.4. The minimum atomic E-state index is 0.581. The van der Waals surface area contributed by atoms with Crippen LogP contribution in [0.5, 0.6) is 0 Å². The van der Waals surface area contributed by atoms with Crippen LogP contribution in [0.25, 0.3) is 83.6 Å². The summed E-state index contributed by atoms with van der Waals surface area (Å²) in [7, 11) is 0. The molecule has 0 bridgehead atoms. The lowest BCUT2D eigenvalue weighted by atomic mass is 10.0. The van der Waals surface area contributed by atoms with Gasteiger partial charge in [-0.05, 0) is 36.8 Å². The first-order valence-corrected chi connectivity index (χ1v) is 15.0. The van der Waals surface area contributed by atoms with Crippen LogP contribution in [-0.4, -0.2) is 19.5 Å². The number of fused-ring (bicyclic) bond motifs is 6. The highest BCUT2D eigenvalue weighted by molar-refractivity contribution is 6.13. The highest BCUT2D eigenvalue weighted by Crippen LogP contribution is 2.39. The SMILES string of the molecule is Cc1ccc(-c2nc(-c3ccccc3)nc(-n3c4ccccc4c4cc(-c5cccc6c5oc5ccccc56)ccc43)n2)cc1. The second-order valence-electron chi connectivity index (χ2n) is 11.4. The van der Waals surface area contributed by atoms with Crippen molar-refractivity contribution in [2.75, 3.05) is 0 Å². The second kappa shape index (κ2) is 10.00. The topological polar surface area (TPSA) is 56.7 Å². The Labute approximate surface area is 259 Å². The van der Waals surface area contributed by atoms with E-state index >= 15 is 0 Å². The van der Waals surface area contributed by atoms with Gasteiger partial charge in [-0.3, -0.25) is 4.57 Å². The Morgan fingerprint density at radius 2 is 1.13 bits per heavy atom. The predicted molar refractivity (Wildman–Crippen MR) is 182 cm³/mol. The maximum Gasteiger partial charge on any atom is 0.238 e. The van der Waals surface area contributed by atoms with E-state index in [0.717, 1.165) is 66.0 Å². The van der Waals surface area contributed by atoms with Crippen molar-refractivity contribution >= 4 is 43.7 Å². The average Bonchev–Trinajstić information content (AvgIpc) is 3.64. The van der Waals surface area contributed by atoms with Crippen molar-refractivity contribution in [3.8, 4) is 39.9 Å². The molecule has 3 aromatic heterocycles. The predicted octanol–water partition coefficient (Wildman–Crippen LogP) is 10.2. The molecule has 5 nitrogen and oxygen atoms in total. The van der Waals surface area contributed by atoms with Gasteiger partial charge in [-0.25, -0.2) is 4.98 Å². The number of benzene rings is 6. The largest absolute Gasteiger partial charge is 0.455 e. The van der Waals surface area contributed by atoms with Gasteiger partial charge in [0.15, 0.2) is 11.6 Å². The molecule has 45 heavy (non-hydrogen) atoms. The molecule has 212 valence electrons. The van der Waals surface area contributed by atoms with Crippen LogP contribution >= 0.6 is 0 Å². The van der Waals surface area contributed by atoms with Crippen molar-refractivity contribution in [2.24, 2.45) is 0 Å². The Hall–Kier alpha value is -6.07. The maximum absolute atomic E-state index is 6.40. The molecule has 0 unspecified atom stereocenters. The van der Waals surface area contributed by atoms with Gasteiger partial charge in [-0.15, -0.1) is 0 Å². The van der Waals surface area contributed by atoms with E-state index in [4.69, 9.17) is 19.4 Å². The van der Waals surface area contributed by atoms with Gasteiger partial charge in [0.25, 0.3) is 0 Å². The first-order chi connectivity index (χ1) is 22.2. The zero-order valence-corrected chi connectivity index (χ0v) is 24.5. The highest BCUT2D eigenvalue weighted by Gasteiger charge is 2.19. The van der Waals surface area contributed by atoms with E-state index in [9.17, 15) is 0 Å². The molecule has 0 fully saturated rings. The van der Waals surface area contributed by atoms with E-state index < -0.39 is 0 Å². The molecule has 5 heteroatoms. The van der Waals surface area contributed by atoms with Crippen LogP contribution in [0.15, 0.2) is 144 Å². The monoisotopic (exact) mass is 578 g/mol. The summed E-state index contributed by atoms with van der Waals surface area (Å²) < 4.78 is 8.55. The molecule has 0 saturated carbocycles. The Morgan fingerprint density at radius 1 is 0.489 bits per heavy atom. The van der Waals surface area contributed by atoms with Gasteiger partial charge in [-0.2, -0.15) is 9.97 Å². The Bertz CT molecular complexity index is 2540. The smallest absolute Gasteiger partial charge is 0.238 e. The second-order valence-corrected chi connectivity index (χ2v) is 11.4. The molecule has 0 amide bonds. The number of aromatic nitrogens is 4. The summed E-state index contributed by atoms with van der Waals surface area (Å²) in [6, 6.07) is 48.0. The van der Waals surface area contributed by atoms with Gasteiger partial charge in [0, 0.05) is 38.2 Å². The van der Waals surface area contributed by atoms with E-state index in [-0.39, 0.29) is 0 Å². The quantitative estimate of drug-likeness (QED) is 0.208. The van der Waals surface area contributed by atoms with Crippen molar-refractivity contribution in [1.29, 1.82) is 0 Å². The summed E-state index contributed by atoms with van der Waals surface area (Å²) in [6.45, 7) is 2.08. The van der Waals surface area contributed by atoms with Crippen LogP contribution in [0.2, 0.25) is 0 Å². The van der Waals surface area contributed by atoms with Crippen molar-refractivity contribution in [3.63, 3.8) is 0 Å². The molecule has 0 atom stereocenters. The van der Waals surface area contributed by atoms with Gasteiger partial charge in [0.1, 0.15) is 11.2 Å². The Morgan fingerprint density at radius 3 is 1.96 bits per heavy atom. The Kier molecular flexibility index (Phi) is 5.65. The van der Waals surface area contributed by atoms with Crippen LogP contribution in [0.4, 0.5) is 0 Å². The number of para-hydroxylation sites is 3. The van der Waals surface area contributed by atoms with E-state index in [2.05, 4.69) is 109 Å². The third-order valence-corrected chi connectivity index (χ3v) is 8.55. The summed E-state index contributed by atoms with van der Waals surface area (Å²) in [5.74, 6) is 1.85. The van der Waals surface area contributed by atoms with Gasteiger partial charge in [0.05, 0.1) is 11.0 Å². The normalized spacial score (nSPS) is 11.7. The first-order valence-electron chi connectivity index (χ1n) is 15.0. The molecule has 6 aromatic carbocycles. The molecule has 3 heterocycles. The molecule has 9 aromatic rings. The summed E-state index contributed by atoms with van der Waals surface area (Å²) in [6.07, 6.45) is 0. The van der Waals surface area contributed by atoms with Crippen molar-refractivity contribution < 1.29 is 4.42 Å². The fourth-order valence-corrected chi connectivity index (χ4v) is 6.34. The molecule has 0 aliphatic carbocycles. The van der Waals surface area contributed by atoms with E-state index in [0.29, 0.717) is 17.6 Å². The third-order valence-electron chi connectivity index (χ3n) is 8.55. The summed E-state index contributed by atoms with van der Waals surface area (Å²) in [5.41, 5.74) is 9.09. The zero-order valence-electron chi connectivity index (χ0n) is 24.5. The Balaban J connectivity index is 1.29. The lowest BCUT2D eigenvalue weighted by Crippen LogP contribution is -2.06.